The fourth-order valence-electron chi connectivity index (χ4n) is 2.76. The van der Waals surface area contributed by atoms with Crippen LogP contribution in [-0.2, 0) is 4.74 Å². The molecule has 0 bridgehead atoms. The van der Waals surface area contributed by atoms with Gasteiger partial charge in [-0.2, -0.15) is 0 Å². The number of para-hydroxylation sites is 1. The van der Waals surface area contributed by atoms with E-state index < -0.39 is 0 Å². The largest absolute Gasteiger partial charge is 0.379 e. The minimum absolute atomic E-state index is 0. The van der Waals surface area contributed by atoms with E-state index in [1.165, 1.54) is 5.69 Å². The molecular weight excluding hydrogens is 441 g/mol. The average Bonchev–Trinajstić information content (AvgIpc) is 2.66. The number of nitrogens with one attached hydrogen (secondary N) is 2. The highest BCUT2D eigenvalue weighted by Gasteiger charge is 2.11. The summed E-state index contributed by atoms with van der Waals surface area (Å²) in [6.07, 6.45) is 0. The number of hydrogen-bond acceptors (Lipinski definition) is 4. The van der Waals surface area contributed by atoms with Crippen molar-refractivity contribution in [2.24, 2.45) is 4.99 Å². The number of rotatable bonds is 8. The van der Waals surface area contributed by atoms with Gasteiger partial charge in [-0.1, -0.05) is 18.2 Å². The molecule has 1 aromatic carbocycles. The van der Waals surface area contributed by atoms with E-state index in [9.17, 15) is 0 Å². The lowest BCUT2D eigenvalue weighted by Gasteiger charge is -2.27. The molecule has 1 aromatic rings. The molecule has 148 valence electrons. The van der Waals surface area contributed by atoms with E-state index in [1.54, 1.807) is 0 Å². The summed E-state index contributed by atoms with van der Waals surface area (Å²) in [6, 6.07) is 10.8. The van der Waals surface area contributed by atoms with Crippen LogP contribution in [0.25, 0.3) is 0 Å². The van der Waals surface area contributed by atoms with Gasteiger partial charge < -0.3 is 20.3 Å². The van der Waals surface area contributed by atoms with Crippen molar-refractivity contribution >= 4 is 35.6 Å². The van der Waals surface area contributed by atoms with E-state index in [4.69, 9.17) is 9.73 Å². The van der Waals surface area contributed by atoms with Crippen LogP contribution in [-0.4, -0.2) is 76.4 Å². The van der Waals surface area contributed by atoms with Crippen molar-refractivity contribution in [3.8, 4) is 0 Å². The molecule has 0 aliphatic carbocycles. The average molecular weight is 475 g/mol. The summed E-state index contributed by atoms with van der Waals surface area (Å²) in [4.78, 5) is 9.44. The van der Waals surface area contributed by atoms with Crippen LogP contribution in [0.4, 0.5) is 5.69 Å². The molecule has 0 saturated carbocycles. The van der Waals surface area contributed by atoms with Gasteiger partial charge in [-0.25, -0.2) is 0 Å². The molecule has 26 heavy (non-hydrogen) atoms. The first-order chi connectivity index (χ1) is 12.2. The zero-order chi connectivity index (χ0) is 17.9. The Kier molecular flexibility index (Phi) is 11.6. The van der Waals surface area contributed by atoms with Crippen molar-refractivity contribution in [2.75, 3.05) is 64.4 Å². The minimum atomic E-state index is 0. The maximum atomic E-state index is 5.39. The Bertz CT molecular complexity index is 508. The summed E-state index contributed by atoms with van der Waals surface area (Å²) in [5.74, 6) is 0.893. The second-order valence-corrected chi connectivity index (χ2v) is 6.40. The molecule has 0 radical (unpaired) electrons. The van der Waals surface area contributed by atoms with Gasteiger partial charge >= 0.3 is 0 Å². The fourth-order valence-corrected chi connectivity index (χ4v) is 2.76. The second-order valence-electron chi connectivity index (χ2n) is 6.40. The molecule has 2 N–H and O–H groups in total. The molecule has 1 saturated heterocycles. The predicted molar refractivity (Wildman–Crippen MR) is 121 cm³/mol. The number of nitrogens with zero attached hydrogens (tertiary/aromatic N) is 3. The van der Waals surface area contributed by atoms with Gasteiger partial charge in [0.2, 0.25) is 0 Å². The number of anilines is 1. The maximum absolute atomic E-state index is 5.39. The standard InChI is InChI=1S/C19H33N5O.HI/c1-4-20-19(21-10-11-24-12-14-25-15-13-24)22-16-17(2)23(3)18-8-6-5-7-9-18;/h5-9,17H,4,10-16H2,1-3H3,(H2,20,21,22);1H. The molecule has 1 atom stereocenters. The van der Waals surface area contributed by atoms with Gasteiger partial charge in [0.1, 0.15) is 0 Å². The summed E-state index contributed by atoms with van der Waals surface area (Å²) < 4.78 is 5.39. The first kappa shape index (κ1) is 23.0. The second kappa shape index (κ2) is 13.2. The molecule has 1 unspecified atom stereocenters. The first-order valence-corrected chi connectivity index (χ1v) is 9.31. The van der Waals surface area contributed by atoms with E-state index in [-0.39, 0.29) is 24.0 Å². The molecule has 1 heterocycles. The molecule has 0 spiro atoms. The molecule has 2 rings (SSSR count). The van der Waals surface area contributed by atoms with Crippen molar-refractivity contribution < 1.29 is 4.74 Å². The van der Waals surface area contributed by atoms with Crippen LogP contribution in [0.5, 0.6) is 0 Å². The quantitative estimate of drug-likeness (QED) is 0.343. The third-order valence-corrected chi connectivity index (χ3v) is 4.51. The van der Waals surface area contributed by atoms with Crippen molar-refractivity contribution in [1.29, 1.82) is 0 Å². The van der Waals surface area contributed by atoms with Gasteiger partial charge in [-0.15, -0.1) is 24.0 Å². The van der Waals surface area contributed by atoms with Crippen molar-refractivity contribution in [3.05, 3.63) is 30.3 Å². The number of hydrogen-bond donors (Lipinski definition) is 2. The molecule has 1 aliphatic heterocycles. The van der Waals surface area contributed by atoms with Crippen molar-refractivity contribution in [1.82, 2.24) is 15.5 Å². The lowest BCUT2D eigenvalue weighted by molar-refractivity contribution is 0.0389. The van der Waals surface area contributed by atoms with E-state index in [1.807, 2.05) is 6.07 Å². The normalized spacial score (nSPS) is 16.5. The van der Waals surface area contributed by atoms with Crippen LogP contribution in [0, 0.1) is 0 Å². The molecule has 0 amide bonds. The topological polar surface area (TPSA) is 52.1 Å². The minimum Gasteiger partial charge on any atom is -0.379 e. The molecule has 1 fully saturated rings. The van der Waals surface area contributed by atoms with E-state index >= 15 is 0 Å². The van der Waals surface area contributed by atoms with Gasteiger partial charge in [-0.05, 0) is 26.0 Å². The van der Waals surface area contributed by atoms with E-state index in [0.717, 1.165) is 58.4 Å². The summed E-state index contributed by atoms with van der Waals surface area (Å²) >= 11 is 0. The Morgan fingerprint density at radius 2 is 1.92 bits per heavy atom. The monoisotopic (exact) mass is 475 g/mol. The SMILES string of the molecule is CCNC(=NCC(C)N(C)c1ccccc1)NCCN1CCOCC1.I. The molecule has 1 aliphatic rings. The van der Waals surface area contributed by atoms with Gasteiger partial charge in [-0.3, -0.25) is 9.89 Å². The smallest absolute Gasteiger partial charge is 0.191 e. The highest BCUT2D eigenvalue weighted by atomic mass is 127. The number of likely N-dealkylation sites (N-methyl/N-ethyl adjacent to an activating group) is 1. The highest BCUT2D eigenvalue weighted by molar-refractivity contribution is 14.0. The van der Waals surface area contributed by atoms with E-state index in [0.29, 0.717) is 6.04 Å². The zero-order valence-corrected chi connectivity index (χ0v) is 18.6. The summed E-state index contributed by atoms with van der Waals surface area (Å²) in [5.41, 5.74) is 1.22. The van der Waals surface area contributed by atoms with E-state index in [2.05, 4.69) is 65.6 Å². The van der Waals surface area contributed by atoms with Crippen LogP contribution in [0.3, 0.4) is 0 Å². The summed E-state index contributed by atoms with van der Waals surface area (Å²) in [5, 5.41) is 6.77. The number of aliphatic imine (C=N–C) groups is 1. The lowest BCUT2D eigenvalue weighted by atomic mass is 10.2. The van der Waals surface area contributed by atoms with Gasteiger partial charge in [0.15, 0.2) is 5.96 Å². The third kappa shape index (κ3) is 8.09. The Labute approximate surface area is 175 Å². The Hall–Kier alpha value is -1.06. The Morgan fingerprint density at radius 1 is 1.23 bits per heavy atom. The number of benzene rings is 1. The molecule has 0 aromatic heterocycles. The first-order valence-electron chi connectivity index (χ1n) is 9.31. The molecule has 6 nitrogen and oxygen atoms in total. The van der Waals surface area contributed by atoms with Crippen molar-refractivity contribution in [3.63, 3.8) is 0 Å². The predicted octanol–water partition coefficient (Wildman–Crippen LogP) is 2.02. The molecular formula is C19H34IN5O. The maximum Gasteiger partial charge on any atom is 0.191 e. The number of halogens is 1. The van der Waals surface area contributed by atoms with Gasteiger partial charge in [0, 0.05) is 51.5 Å². The van der Waals surface area contributed by atoms with Crippen LogP contribution in [0.15, 0.2) is 35.3 Å². The van der Waals surface area contributed by atoms with Gasteiger partial charge in [0.25, 0.3) is 0 Å². The number of ether oxygens (including phenoxy) is 1. The van der Waals surface area contributed by atoms with Crippen LogP contribution in [0.2, 0.25) is 0 Å². The summed E-state index contributed by atoms with van der Waals surface area (Å²) in [6.45, 7) is 11.6. The van der Waals surface area contributed by atoms with Crippen LogP contribution >= 0.6 is 24.0 Å². The molecule has 7 heteroatoms. The zero-order valence-electron chi connectivity index (χ0n) is 16.3. The number of morpholine rings is 1. The van der Waals surface area contributed by atoms with Crippen LogP contribution in [0.1, 0.15) is 13.8 Å². The van der Waals surface area contributed by atoms with Gasteiger partial charge in [0.05, 0.1) is 19.8 Å². The Morgan fingerprint density at radius 3 is 2.58 bits per heavy atom. The Balaban J connectivity index is 0.00000338. The van der Waals surface area contributed by atoms with Crippen molar-refractivity contribution in [2.45, 2.75) is 19.9 Å². The summed E-state index contributed by atoms with van der Waals surface area (Å²) in [7, 11) is 2.12. The fraction of sp³-hybridized carbons (Fsp3) is 0.632. The van der Waals surface area contributed by atoms with Crippen LogP contribution < -0.4 is 15.5 Å². The highest BCUT2D eigenvalue weighted by Crippen LogP contribution is 2.14. The third-order valence-electron chi connectivity index (χ3n) is 4.51. The number of guanidine groups is 1. The lowest BCUT2D eigenvalue weighted by Crippen LogP contribution is -2.45.